The van der Waals surface area contributed by atoms with Crippen molar-refractivity contribution in [1.29, 1.82) is 0 Å². The van der Waals surface area contributed by atoms with Gasteiger partial charge < -0.3 is 9.73 Å². The number of nitrogens with zero attached hydrogens (tertiary/aromatic N) is 2. The average molecular weight is 310 g/mol. The molecule has 0 radical (unpaired) electrons. The van der Waals surface area contributed by atoms with Gasteiger partial charge in [-0.15, -0.1) is 0 Å². The van der Waals surface area contributed by atoms with Gasteiger partial charge in [-0.3, -0.25) is 0 Å². The quantitative estimate of drug-likeness (QED) is 0.561. The molecule has 5 heteroatoms. The van der Waals surface area contributed by atoms with Gasteiger partial charge in [0.05, 0.1) is 0 Å². The molecular weight excluding hydrogens is 298 g/mol. The van der Waals surface area contributed by atoms with Crippen LogP contribution in [0.3, 0.4) is 0 Å². The molecule has 2 aromatic carbocycles. The third kappa shape index (κ3) is 2.18. The first-order valence-electron chi connectivity index (χ1n) is 6.87. The van der Waals surface area contributed by atoms with Crippen LogP contribution in [0.1, 0.15) is 5.56 Å². The number of aryl methyl sites for hydroxylation is 1. The number of anilines is 2. The van der Waals surface area contributed by atoms with Crippen molar-refractivity contribution in [3.8, 4) is 0 Å². The van der Waals surface area contributed by atoms with Gasteiger partial charge in [0, 0.05) is 16.1 Å². The third-order valence-electron chi connectivity index (χ3n) is 3.49. The molecular formula is C17H12ClN3O. The topological polar surface area (TPSA) is 51.0 Å². The summed E-state index contributed by atoms with van der Waals surface area (Å²) in [6, 6.07) is 13.6. The van der Waals surface area contributed by atoms with Crippen molar-refractivity contribution in [3.63, 3.8) is 0 Å². The Morgan fingerprint density at radius 2 is 2.00 bits per heavy atom. The highest BCUT2D eigenvalue weighted by molar-refractivity contribution is 6.31. The molecule has 0 bridgehead atoms. The largest absolute Gasteiger partial charge is 0.450 e. The number of nitrogens with one attached hydrogen (secondary N) is 1. The lowest BCUT2D eigenvalue weighted by molar-refractivity contribution is 0.667. The molecule has 22 heavy (non-hydrogen) atoms. The zero-order chi connectivity index (χ0) is 15.1. The molecule has 0 atom stereocenters. The van der Waals surface area contributed by atoms with Crippen molar-refractivity contribution < 1.29 is 4.42 Å². The zero-order valence-electron chi connectivity index (χ0n) is 11.8. The average Bonchev–Trinajstić information content (AvgIpc) is 2.87. The van der Waals surface area contributed by atoms with E-state index in [1.807, 2.05) is 43.3 Å². The molecule has 0 amide bonds. The molecule has 0 aliphatic carbocycles. The van der Waals surface area contributed by atoms with Gasteiger partial charge in [-0.2, -0.15) is 0 Å². The Bertz CT molecular complexity index is 994. The number of benzene rings is 2. The highest BCUT2D eigenvalue weighted by Crippen LogP contribution is 2.33. The molecule has 0 saturated carbocycles. The first-order valence-corrected chi connectivity index (χ1v) is 7.25. The first-order chi connectivity index (χ1) is 10.7. The molecule has 4 nitrogen and oxygen atoms in total. The molecule has 0 aliphatic rings. The van der Waals surface area contributed by atoms with E-state index in [2.05, 4.69) is 15.3 Å². The normalized spacial score (nSPS) is 11.2. The van der Waals surface area contributed by atoms with Crippen molar-refractivity contribution in [1.82, 2.24) is 9.97 Å². The lowest BCUT2D eigenvalue weighted by Crippen LogP contribution is -1.94. The lowest BCUT2D eigenvalue weighted by Gasteiger charge is -2.06. The van der Waals surface area contributed by atoms with E-state index in [0.29, 0.717) is 16.4 Å². The van der Waals surface area contributed by atoms with Crippen LogP contribution in [0.4, 0.5) is 11.5 Å². The van der Waals surface area contributed by atoms with Crippen LogP contribution in [0.5, 0.6) is 0 Å². The summed E-state index contributed by atoms with van der Waals surface area (Å²) in [5.74, 6) is 0.642. The fourth-order valence-electron chi connectivity index (χ4n) is 2.50. The number of aromatic nitrogens is 2. The van der Waals surface area contributed by atoms with Gasteiger partial charge in [0.2, 0.25) is 0 Å². The predicted molar refractivity (Wildman–Crippen MR) is 88.8 cm³/mol. The Balaban J connectivity index is 1.89. The van der Waals surface area contributed by atoms with Crippen LogP contribution in [-0.2, 0) is 0 Å². The molecule has 4 aromatic rings. The van der Waals surface area contributed by atoms with Gasteiger partial charge in [-0.1, -0.05) is 23.7 Å². The van der Waals surface area contributed by atoms with Crippen molar-refractivity contribution in [2.45, 2.75) is 6.92 Å². The van der Waals surface area contributed by atoms with Crippen LogP contribution >= 0.6 is 11.6 Å². The van der Waals surface area contributed by atoms with Crippen LogP contribution < -0.4 is 5.32 Å². The summed E-state index contributed by atoms with van der Waals surface area (Å²) in [7, 11) is 0. The fourth-order valence-corrected chi connectivity index (χ4v) is 2.67. The molecule has 0 saturated heterocycles. The molecule has 1 N–H and O–H groups in total. The Morgan fingerprint density at radius 3 is 2.86 bits per heavy atom. The minimum Gasteiger partial charge on any atom is -0.450 e. The number of hydrogen-bond acceptors (Lipinski definition) is 4. The van der Waals surface area contributed by atoms with Crippen molar-refractivity contribution >= 4 is 45.2 Å². The van der Waals surface area contributed by atoms with E-state index in [0.717, 1.165) is 22.2 Å². The van der Waals surface area contributed by atoms with E-state index < -0.39 is 0 Å². The van der Waals surface area contributed by atoms with E-state index in [4.69, 9.17) is 16.0 Å². The highest BCUT2D eigenvalue weighted by atomic mass is 35.5. The summed E-state index contributed by atoms with van der Waals surface area (Å²) >= 11 is 6.06. The third-order valence-corrected chi connectivity index (χ3v) is 3.73. The second-order valence-electron chi connectivity index (χ2n) is 5.14. The SMILES string of the molecule is Cc1cccc(Nc2ncnc3c2oc2ccc(Cl)cc23)c1. The molecule has 0 aliphatic heterocycles. The first kappa shape index (κ1) is 13.1. The summed E-state index contributed by atoms with van der Waals surface area (Å²) < 4.78 is 5.89. The van der Waals surface area contributed by atoms with Crippen molar-refractivity contribution in [2.24, 2.45) is 0 Å². The fraction of sp³-hybridized carbons (Fsp3) is 0.0588. The van der Waals surface area contributed by atoms with Crippen LogP contribution in [0.25, 0.3) is 22.1 Å². The molecule has 0 fully saturated rings. The summed E-state index contributed by atoms with van der Waals surface area (Å²) in [6.07, 6.45) is 1.52. The van der Waals surface area contributed by atoms with Gasteiger partial charge in [0.1, 0.15) is 17.4 Å². The zero-order valence-corrected chi connectivity index (χ0v) is 12.6. The highest BCUT2D eigenvalue weighted by Gasteiger charge is 2.13. The van der Waals surface area contributed by atoms with Gasteiger partial charge in [0.15, 0.2) is 11.4 Å². The summed E-state index contributed by atoms with van der Waals surface area (Å²) in [6.45, 7) is 2.05. The van der Waals surface area contributed by atoms with E-state index in [-0.39, 0.29) is 0 Å². The Morgan fingerprint density at radius 1 is 1.09 bits per heavy atom. The maximum atomic E-state index is 6.06. The van der Waals surface area contributed by atoms with E-state index >= 15 is 0 Å². The molecule has 108 valence electrons. The Hall–Kier alpha value is -2.59. The molecule has 0 unspecified atom stereocenters. The number of halogens is 1. The summed E-state index contributed by atoms with van der Waals surface area (Å²) in [4.78, 5) is 8.63. The van der Waals surface area contributed by atoms with Crippen molar-refractivity contribution in [2.75, 3.05) is 5.32 Å². The van der Waals surface area contributed by atoms with E-state index in [1.54, 1.807) is 6.07 Å². The van der Waals surface area contributed by atoms with Crippen LogP contribution in [-0.4, -0.2) is 9.97 Å². The van der Waals surface area contributed by atoms with Gasteiger partial charge in [-0.05, 0) is 42.8 Å². The Kier molecular flexibility index (Phi) is 2.98. The predicted octanol–water partition coefficient (Wildman–Crippen LogP) is 5.08. The van der Waals surface area contributed by atoms with Crippen LogP contribution in [0, 0.1) is 6.92 Å². The lowest BCUT2D eigenvalue weighted by atomic mass is 10.2. The van der Waals surface area contributed by atoms with Crippen molar-refractivity contribution in [3.05, 3.63) is 59.4 Å². The Labute approximate surface area is 131 Å². The smallest absolute Gasteiger partial charge is 0.196 e. The van der Waals surface area contributed by atoms with E-state index in [1.165, 1.54) is 11.9 Å². The maximum Gasteiger partial charge on any atom is 0.196 e. The summed E-state index contributed by atoms with van der Waals surface area (Å²) in [5.41, 5.74) is 4.25. The van der Waals surface area contributed by atoms with E-state index in [9.17, 15) is 0 Å². The molecule has 0 spiro atoms. The molecule has 4 rings (SSSR count). The summed E-state index contributed by atoms with van der Waals surface area (Å²) in [5, 5.41) is 4.83. The van der Waals surface area contributed by atoms with Crippen LogP contribution in [0.2, 0.25) is 5.02 Å². The number of rotatable bonds is 2. The molecule has 2 aromatic heterocycles. The second kappa shape index (κ2) is 5.00. The standard InChI is InChI=1S/C17H12ClN3O/c1-10-3-2-4-12(7-10)21-17-16-15(19-9-20-17)13-8-11(18)5-6-14(13)22-16/h2-9H,1H3,(H,19,20,21). The minimum absolute atomic E-state index is 0.626. The second-order valence-corrected chi connectivity index (χ2v) is 5.57. The number of fused-ring (bicyclic) bond motifs is 3. The van der Waals surface area contributed by atoms with Gasteiger partial charge in [-0.25, -0.2) is 9.97 Å². The maximum absolute atomic E-state index is 6.06. The van der Waals surface area contributed by atoms with Crippen LogP contribution in [0.15, 0.2) is 53.2 Å². The van der Waals surface area contributed by atoms with Gasteiger partial charge >= 0.3 is 0 Å². The number of furan rings is 1. The molecule has 2 heterocycles. The minimum atomic E-state index is 0.626. The monoisotopic (exact) mass is 309 g/mol. The van der Waals surface area contributed by atoms with Gasteiger partial charge in [0.25, 0.3) is 0 Å². The number of hydrogen-bond donors (Lipinski definition) is 1.